The van der Waals surface area contributed by atoms with Gasteiger partial charge in [0.1, 0.15) is 5.75 Å². The van der Waals surface area contributed by atoms with Gasteiger partial charge < -0.3 is 15.4 Å². The van der Waals surface area contributed by atoms with E-state index in [1.165, 1.54) is 0 Å². The molecule has 0 aliphatic carbocycles. The molecular formula is C19H15N3O2. The monoisotopic (exact) mass is 317 g/mol. The van der Waals surface area contributed by atoms with Crippen LogP contribution in [0.3, 0.4) is 0 Å². The van der Waals surface area contributed by atoms with E-state index in [4.69, 9.17) is 4.74 Å². The minimum Gasteiger partial charge on any atom is -0.497 e. The minimum atomic E-state index is -0.128. The molecule has 2 aromatic carbocycles. The van der Waals surface area contributed by atoms with Crippen LogP contribution in [0.5, 0.6) is 5.75 Å². The number of aromatic nitrogens is 1. The van der Waals surface area contributed by atoms with E-state index < -0.39 is 0 Å². The zero-order valence-electron chi connectivity index (χ0n) is 13.0. The van der Waals surface area contributed by atoms with Crippen LogP contribution in [0.2, 0.25) is 0 Å². The van der Waals surface area contributed by atoms with Crippen molar-refractivity contribution in [1.29, 1.82) is 0 Å². The van der Waals surface area contributed by atoms with Gasteiger partial charge in [-0.2, -0.15) is 0 Å². The Balaban J connectivity index is 1.77. The lowest BCUT2D eigenvalue weighted by molar-refractivity contribution is -0.110. The van der Waals surface area contributed by atoms with Crippen molar-refractivity contribution in [2.45, 2.75) is 0 Å². The molecule has 2 heterocycles. The van der Waals surface area contributed by atoms with Gasteiger partial charge in [0.05, 0.1) is 18.2 Å². The van der Waals surface area contributed by atoms with Gasteiger partial charge in [-0.15, -0.1) is 0 Å². The smallest absolute Gasteiger partial charge is 0.257 e. The third-order valence-corrected chi connectivity index (χ3v) is 4.00. The van der Waals surface area contributed by atoms with Crippen LogP contribution in [-0.4, -0.2) is 18.0 Å². The molecule has 0 radical (unpaired) electrons. The third-order valence-electron chi connectivity index (χ3n) is 4.00. The second-order valence-corrected chi connectivity index (χ2v) is 5.45. The van der Waals surface area contributed by atoms with Gasteiger partial charge in [0.25, 0.3) is 5.91 Å². The van der Waals surface area contributed by atoms with E-state index in [2.05, 4.69) is 15.6 Å². The highest BCUT2D eigenvalue weighted by Gasteiger charge is 2.26. The van der Waals surface area contributed by atoms with Crippen LogP contribution in [0.15, 0.2) is 60.9 Å². The number of pyridine rings is 1. The Bertz CT molecular complexity index is 979. The van der Waals surface area contributed by atoms with Crippen molar-refractivity contribution in [3.8, 4) is 5.75 Å². The SMILES string of the molecule is COc1cccc(N/C=C2\C(=O)Nc3ccc4ncccc4c32)c1. The fraction of sp³-hybridized carbons (Fsp3) is 0.0526. The highest BCUT2D eigenvalue weighted by Crippen LogP contribution is 2.37. The van der Waals surface area contributed by atoms with Gasteiger partial charge in [-0.3, -0.25) is 9.78 Å². The molecule has 0 unspecified atom stereocenters. The number of nitrogens with zero attached hydrogens (tertiary/aromatic N) is 1. The van der Waals surface area contributed by atoms with Crippen molar-refractivity contribution >= 4 is 33.8 Å². The van der Waals surface area contributed by atoms with E-state index in [9.17, 15) is 4.79 Å². The summed E-state index contributed by atoms with van der Waals surface area (Å²) in [6.45, 7) is 0. The number of carbonyl (C=O) groups excluding carboxylic acids is 1. The number of nitrogens with one attached hydrogen (secondary N) is 2. The van der Waals surface area contributed by atoms with E-state index in [1.807, 2.05) is 48.5 Å². The van der Waals surface area contributed by atoms with E-state index in [0.717, 1.165) is 33.6 Å². The summed E-state index contributed by atoms with van der Waals surface area (Å²) in [6.07, 6.45) is 3.47. The number of anilines is 2. The molecule has 0 spiro atoms. The van der Waals surface area contributed by atoms with Crippen LogP contribution >= 0.6 is 0 Å². The average molecular weight is 317 g/mol. The van der Waals surface area contributed by atoms with Crippen molar-refractivity contribution in [1.82, 2.24) is 4.98 Å². The van der Waals surface area contributed by atoms with Crippen LogP contribution in [0.25, 0.3) is 16.5 Å². The van der Waals surface area contributed by atoms with Crippen molar-refractivity contribution in [2.24, 2.45) is 0 Å². The Labute approximate surface area is 139 Å². The molecule has 2 N–H and O–H groups in total. The van der Waals surface area contributed by atoms with E-state index in [0.29, 0.717) is 5.57 Å². The molecule has 0 saturated carbocycles. The maximum Gasteiger partial charge on any atom is 0.257 e. The first-order valence-electron chi connectivity index (χ1n) is 7.56. The second-order valence-electron chi connectivity index (χ2n) is 5.45. The molecule has 24 heavy (non-hydrogen) atoms. The lowest BCUT2D eigenvalue weighted by atomic mass is 10.0. The number of methoxy groups -OCH3 is 1. The van der Waals surface area contributed by atoms with Crippen LogP contribution in [-0.2, 0) is 4.79 Å². The molecule has 0 saturated heterocycles. The van der Waals surface area contributed by atoms with Crippen LogP contribution in [0.1, 0.15) is 5.56 Å². The fourth-order valence-electron chi connectivity index (χ4n) is 2.86. The summed E-state index contributed by atoms with van der Waals surface area (Å²) in [7, 11) is 1.62. The first kappa shape index (κ1) is 14.3. The van der Waals surface area contributed by atoms with Gasteiger partial charge in [0.15, 0.2) is 0 Å². The summed E-state index contributed by atoms with van der Waals surface area (Å²) >= 11 is 0. The molecule has 0 fully saturated rings. The Hall–Kier alpha value is -3.34. The maximum atomic E-state index is 12.4. The predicted molar refractivity (Wildman–Crippen MR) is 95.0 cm³/mol. The number of fused-ring (bicyclic) bond motifs is 3. The molecule has 1 aliphatic rings. The fourth-order valence-corrected chi connectivity index (χ4v) is 2.86. The maximum absolute atomic E-state index is 12.4. The number of hydrogen-bond donors (Lipinski definition) is 2. The van der Waals surface area contributed by atoms with Gasteiger partial charge in [-0.25, -0.2) is 0 Å². The Kier molecular flexibility index (Phi) is 3.39. The average Bonchev–Trinajstić information content (AvgIpc) is 2.96. The number of benzene rings is 2. The number of rotatable bonds is 3. The zero-order chi connectivity index (χ0) is 16.5. The quantitative estimate of drug-likeness (QED) is 0.724. The summed E-state index contributed by atoms with van der Waals surface area (Å²) in [4.78, 5) is 16.7. The molecule has 0 atom stereocenters. The molecular weight excluding hydrogens is 302 g/mol. The highest BCUT2D eigenvalue weighted by molar-refractivity contribution is 6.34. The Morgan fingerprint density at radius 3 is 2.96 bits per heavy atom. The molecule has 5 heteroatoms. The number of hydrogen-bond acceptors (Lipinski definition) is 4. The van der Waals surface area contributed by atoms with Gasteiger partial charge in [0, 0.05) is 40.8 Å². The molecule has 1 aliphatic heterocycles. The summed E-state index contributed by atoms with van der Waals surface area (Å²) in [6, 6.07) is 15.2. The second kappa shape index (κ2) is 5.70. The van der Waals surface area contributed by atoms with Crippen LogP contribution < -0.4 is 15.4 Å². The van der Waals surface area contributed by atoms with E-state index >= 15 is 0 Å². The van der Waals surface area contributed by atoms with Crippen molar-refractivity contribution in [3.05, 3.63) is 66.5 Å². The van der Waals surface area contributed by atoms with Crippen LogP contribution in [0.4, 0.5) is 11.4 Å². The largest absolute Gasteiger partial charge is 0.497 e. The highest BCUT2D eigenvalue weighted by atomic mass is 16.5. The van der Waals surface area contributed by atoms with E-state index in [1.54, 1.807) is 19.5 Å². The number of amides is 1. The van der Waals surface area contributed by atoms with Crippen LogP contribution in [0, 0.1) is 0 Å². The van der Waals surface area contributed by atoms with Crippen molar-refractivity contribution < 1.29 is 9.53 Å². The van der Waals surface area contributed by atoms with Gasteiger partial charge >= 0.3 is 0 Å². The summed E-state index contributed by atoms with van der Waals surface area (Å²) in [5.41, 5.74) is 3.98. The Morgan fingerprint density at radius 1 is 1.17 bits per heavy atom. The molecule has 118 valence electrons. The molecule has 0 bridgehead atoms. The first-order chi connectivity index (χ1) is 11.8. The molecule has 4 rings (SSSR count). The molecule has 1 aromatic heterocycles. The topological polar surface area (TPSA) is 63.2 Å². The molecule has 5 nitrogen and oxygen atoms in total. The van der Waals surface area contributed by atoms with Gasteiger partial charge in [-0.05, 0) is 30.3 Å². The third kappa shape index (κ3) is 2.36. The first-order valence-corrected chi connectivity index (χ1v) is 7.56. The predicted octanol–water partition coefficient (Wildman–Crippen LogP) is 3.65. The summed E-state index contributed by atoms with van der Waals surface area (Å²) in [5.74, 6) is 0.626. The molecule has 3 aromatic rings. The van der Waals surface area contributed by atoms with Crippen molar-refractivity contribution in [3.63, 3.8) is 0 Å². The normalized spacial score (nSPS) is 14.5. The zero-order valence-corrected chi connectivity index (χ0v) is 13.0. The summed E-state index contributed by atoms with van der Waals surface area (Å²) in [5, 5.41) is 7.02. The van der Waals surface area contributed by atoms with E-state index in [-0.39, 0.29) is 5.91 Å². The minimum absolute atomic E-state index is 0.128. The van der Waals surface area contributed by atoms with Gasteiger partial charge in [-0.1, -0.05) is 12.1 Å². The lowest BCUT2D eigenvalue weighted by Gasteiger charge is -2.06. The molecule has 1 amide bonds. The number of ether oxygens (including phenoxy) is 1. The van der Waals surface area contributed by atoms with Gasteiger partial charge in [0.2, 0.25) is 0 Å². The lowest BCUT2D eigenvalue weighted by Crippen LogP contribution is -2.05. The summed E-state index contributed by atoms with van der Waals surface area (Å²) < 4.78 is 5.21. The number of carbonyl (C=O) groups is 1. The van der Waals surface area contributed by atoms with Crippen molar-refractivity contribution in [2.75, 3.05) is 17.7 Å². The standard InChI is InChI=1S/C19H15N3O2/c1-24-13-5-2-4-12(10-13)21-11-15-18-14-6-3-9-20-16(14)7-8-17(18)22-19(15)23/h2-11,21H,1H3,(H,22,23)/b15-11-. The Morgan fingerprint density at radius 2 is 2.08 bits per heavy atom.